The van der Waals surface area contributed by atoms with Gasteiger partial charge in [0.15, 0.2) is 5.65 Å². The van der Waals surface area contributed by atoms with Crippen molar-refractivity contribution in [2.75, 3.05) is 6.54 Å². The van der Waals surface area contributed by atoms with Crippen LogP contribution in [0, 0.1) is 19.8 Å². The number of nitrogens with one attached hydrogen (secondary N) is 2. The van der Waals surface area contributed by atoms with Gasteiger partial charge in [-0.2, -0.15) is 0 Å². The van der Waals surface area contributed by atoms with Gasteiger partial charge in [-0.15, -0.1) is 0 Å². The number of nitrogens with zero attached hydrogens (tertiary/aromatic N) is 2. The molecule has 7 heteroatoms. The maximum Gasteiger partial charge on any atom is 0.273 e. The zero-order valence-electron chi connectivity index (χ0n) is 16.6. The van der Waals surface area contributed by atoms with Gasteiger partial charge >= 0.3 is 0 Å². The summed E-state index contributed by atoms with van der Waals surface area (Å²) in [5.74, 6) is 0.522. The van der Waals surface area contributed by atoms with Crippen LogP contribution in [0.25, 0.3) is 11.0 Å². The van der Waals surface area contributed by atoms with Gasteiger partial charge in [-0.1, -0.05) is 19.3 Å². The molecule has 3 rings (SSSR count). The predicted octanol–water partition coefficient (Wildman–Crippen LogP) is 1.83. The summed E-state index contributed by atoms with van der Waals surface area (Å²) in [6, 6.07) is 0.0672. The number of aromatic nitrogens is 3. The molecule has 1 unspecified atom stereocenters. The zero-order chi connectivity index (χ0) is 19.6. The minimum absolute atomic E-state index is 0.0249. The Balaban J connectivity index is 1.69. The van der Waals surface area contributed by atoms with Gasteiger partial charge in [0.2, 0.25) is 5.91 Å². The van der Waals surface area contributed by atoms with Crippen molar-refractivity contribution < 1.29 is 4.79 Å². The Labute approximate surface area is 159 Å². The average Bonchev–Trinajstić information content (AvgIpc) is 2.93. The zero-order valence-corrected chi connectivity index (χ0v) is 16.6. The number of hydrogen-bond acceptors (Lipinski definition) is 4. The summed E-state index contributed by atoms with van der Waals surface area (Å²) in [5.41, 5.74) is 9.20. The van der Waals surface area contributed by atoms with Gasteiger partial charge in [0, 0.05) is 31.7 Å². The maximum atomic E-state index is 12.5. The Morgan fingerprint density at radius 2 is 2.04 bits per heavy atom. The minimum atomic E-state index is -0.135. The smallest absolute Gasteiger partial charge is 0.273 e. The molecule has 7 nitrogen and oxygen atoms in total. The number of pyridine rings is 1. The van der Waals surface area contributed by atoms with E-state index in [1.165, 1.54) is 19.3 Å². The molecular formula is C20H31N5O2. The van der Waals surface area contributed by atoms with E-state index in [0.717, 1.165) is 29.7 Å². The van der Waals surface area contributed by atoms with Gasteiger partial charge in [-0.3, -0.25) is 19.4 Å². The molecule has 0 saturated heterocycles. The van der Waals surface area contributed by atoms with Gasteiger partial charge in [0.05, 0.1) is 5.39 Å². The van der Waals surface area contributed by atoms with Crippen molar-refractivity contribution in [2.45, 2.75) is 64.8 Å². The third kappa shape index (κ3) is 4.08. The Morgan fingerprint density at radius 3 is 2.70 bits per heavy atom. The third-order valence-corrected chi connectivity index (χ3v) is 6.00. The fourth-order valence-corrected chi connectivity index (χ4v) is 4.44. The molecule has 0 bridgehead atoms. The second-order valence-corrected chi connectivity index (χ2v) is 7.81. The van der Waals surface area contributed by atoms with Crippen molar-refractivity contribution in [1.29, 1.82) is 0 Å². The lowest BCUT2D eigenvalue weighted by molar-refractivity contribution is -0.122. The number of H-pyrrole nitrogens is 1. The fourth-order valence-electron chi connectivity index (χ4n) is 4.44. The summed E-state index contributed by atoms with van der Waals surface area (Å²) in [4.78, 5) is 29.3. The largest absolute Gasteiger partial charge is 0.352 e. The van der Waals surface area contributed by atoms with Crippen molar-refractivity contribution >= 4 is 16.9 Å². The van der Waals surface area contributed by atoms with Crippen molar-refractivity contribution in [3.05, 3.63) is 27.2 Å². The van der Waals surface area contributed by atoms with E-state index in [0.29, 0.717) is 36.3 Å². The molecule has 2 aromatic heterocycles. The molecule has 2 heterocycles. The lowest BCUT2D eigenvalue weighted by Gasteiger charge is -2.30. The van der Waals surface area contributed by atoms with E-state index in [9.17, 15) is 9.59 Å². The van der Waals surface area contributed by atoms with E-state index in [2.05, 4.69) is 15.4 Å². The molecule has 1 atom stereocenters. The molecule has 1 aliphatic carbocycles. The van der Waals surface area contributed by atoms with Crippen LogP contribution < -0.4 is 16.6 Å². The molecule has 4 N–H and O–H groups in total. The molecule has 0 radical (unpaired) electrons. The average molecular weight is 374 g/mol. The van der Waals surface area contributed by atoms with Gasteiger partial charge in [0.1, 0.15) is 0 Å². The van der Waals surface area contributed by atoms with E-state index >= 15 is 0 Å². The summed E-state index contributed by atoms with van der Waals surface area (Å²) in [7, 11) is 1.78. The molecule has 1 aliphatic rings. The van der Waals surface area contributed by atoms with Crippen LogP contribution in [0.2, 0.25) is 0 Å². The second-order valence-electron chi connectivity index (χ2n) is 7.81. The minimum Gasteiger partial charge on any atom is -0.352 e. The van der Waals surface area contributed by atoms with Crippen molar-refractivity contribution in [3.8, 4) is 0 Å². The highest BCUT2D eigenvalue weighted by atomic mass is 16.1. The van der Waals surface area contributed by atoms with Crippen LogP contribution in [-0.2, 0) is 18.3 Å². The fraction of sp³-hybridized carbons (Fsp3) is 0.650. The number of aromatic amines is 1. The quantitative estimate of drug-likeness (QED) is 0.718. The van der Waals surface area contributed by atoms with Crippen LogP contribution in [0.5, 0.6) is 0 Å². The highest BCUT2D eigenvalue weighted by Gasteiger charge is 2.24. The van der Waals surface area contributed by atoms with Crippen LogP contribution in [0.1, 0.15) is 55.3 Å². The predicted molar refractivity (Wildman–Crippen MR) is 107 cm³/mol. The Kier molecular flexibility index (Phi) is 5.99. The number of carbonyl (C=O) groups excluding carboxylic acids is 1. The molecule has 1 saturated carbocycles. The number of fused-ring (bicyclic) bond motifs is 1. The van der Waals surface area contributed by atoms with Gasteiger partial charge in [0.25, 0.3) is 5.56 Å². The maximum absolute atomic E-state index is 12.5. The highest BCUT2D eigenvalue weighted by Crippen LogP contribution is 2.26. The van der Waals surface area contributed by atoms with Gasteiger partial charge < -0.3 is 11.1 Å². The van der Waals surface area contributed by atoms with E-state index in [-0.39, 0.29) is 17.5 Å². The van der Waals surface area contributed by atoms with E-state index in [1.54, 1.807) is 11.7 Å². The van der Waals surface area contributed by atoms with E-state index < -0.39 is 0 Å². The van der Waals surface area contributed by atoms with E-state index in [1.807, 2.05) is 13.8 Å². The first-order chi connectivity index (χ1) is 12.9. The SMILES string of the molecule is Cc1nc2c(c(C)c1CCC(=O)NC(CN)C1CCCCC1)c(=O)[nH]n2C. The summed E-state index contributed by atoms with van der Waals surface area (Å²) in [5, 5.41) is 6.50. The number of nitrogens with two attached hydrogens (primary N) is 1. The third-order valence-electron chi connectivity index (χ3n) is 6.00. The van der Waals surface area contributed by atoms with Crippen molar-refractivity contribution in [1.82, 2.24) is 20.1 Å². The molecule has 2 aromatic rings. The lowest BCUT2D eigenvalue weighted by Crippen LogP contribution is -2.46. The summed E-state index contributed by atoms with van der Waals surface area (Å²) in [6.45, 7) is 4.35. The molecular weight excluding hydrogens is 342 g/mol. The molecule has 0 aromatic carbocycles. The van der Waals surface area contributed by atoms with Crippen LogP contribution in [-0.4, -0.2) is 33.3 Å². The number of hydrogen-bond donors (Lipinski definition) is 3. The summed E-state index contributed by atoms with van der Waals surface area (Å²) in [6.07, 6.45) is 6.99. The molecule has 0 spiro atoms. The first kappa shape index (κ1) is 19.6. The first-order valence-corrected chi connectivity index (χ1v) is 9.96. The molecule has 0 aliphatic heterocycles. The molecule has 1 amide bonds. The monoisotopic (exact) mass is 373 g/mol. The Morgan fingerprint density at radius 1 is 1.33 bits per heavy atom. The lowest BCUT2D eigenvalue weighted by atomic mass is 9.84. The summed E-state index contributed by atoms with van der Waals surface area (Å²) >= 11 is 0. The summed E-state index contributed by atoms with van der Waals surface area (Å²) < 4.78 is 1.64. The number of rotatable bonds is 6. The number of carbonyl (C=O) groups is 1. The van der Waals surface area contributed by atoms with Crippen LogP contribution in [0.4, 0.5) is 0 Å². The van der Waals surface area contributed by atoms with Gasteiger partial charge in [-0.25, -0.2) is 4.98 Å². The normalized spacial score (nSPS) is 16.6. The highest BCUT2D eigenvalue weighted by molar-refractivity contribution is 5.81. The van der Waals surface area contributed by atoms with Crippen LogP contribution in [0.15, 0.2) is 4.79 Å². The second kappa shape index (κ2) is 8.25. The molecule has 1 fully saturated rings. The van der Waals surface area contributed by atoms with Crippen molar-refractivity contribution in [3.63, 3.8) is 0 Å². The van der Waals surface area contributed by atoms with Crippen molar-refractivity contribution in [2.24, 2.45) is 18.7 Å². The Bertz CT molecular complexity index is 877. The number of amides is 1. The first-order valence-electron chi connectivity index (χ1n) is 9.96. The molecule has 27 heavy (non-hydrogen) atoms. The Hall–Kier alpha value is -2.15. The van der Waals surface area contributed by atoms with Crippen LogP contribution in [0.3, 0.4) is 0 Å². The topological polar surface area (TPSA) is 106 Å². The van der Waals surface area contributed by atoms with E-state index in [4.69, 9.17) is 5.73 Å². The standard InChI is InChI=1S/C20H31N5O2/c1-12-15(13(2)22-19-18(12)20(27)24-25(19)3)9-10-17(26)23-16(11-21)14-7-5-4-6-8-14/h14,16H,4-11,21H2,1-3H3,(H,23,26)(H,24,27). The molecule has 148 valence electrons. The number of aryl methyl sites for hydroxylation is 3. The van der Waals surface area contributed by atoms with Crippen LogP contribution >= 0.6 is 0 Å². The van der Waals surface area contributed by atoms with Gasteiger partial charge in [-0.05, 0) is 50.2 Å².